The first kappa shape index (κ1) is 15.1. The largest absolute Gasteiger partial charge is 0.453 e. The van der Waals surface area contributed by atoms with Gasteiger partial charge in [0.05, 0.1) is 0 Å². The molecule has 1 aromatic carbocycles. The molecule has 1 radical (unpaired) electrons. The summed E-state index contributed by atoms with van der Waals surface area (Å²) in [5.41, 5.74) is 3.53. The molecule has 2 unspecified atom stereocenters. The molecule has 2 aromatic rings. The molecular formula is C21H19O3. The lowest BCUT2D eigenvalue weighted by molar-refractivity contribution is 0.0986. The van der Waals surface area contributed by atoms with Crippen LogP contribution in [0, 0.1) is 12.3 Å². The molecule has 0 bridgehead atoms. The van der Waals surface area contributed by atoms with Gasteiger partial charge in [-0.05, 0) is 54.2 Å². The Morgan fingerprint density at radius 2 is 2.00 bits per heavy atom. The first-order valence-corrected chi connectivity index (χ1v) is 8.42. The second-order valence-electron chi connectivity index (χ2n) is 6.69. The van der Waals surface area contributed by atoms with Gasteiger partial charge in [0.1, 0.15) is 5.76 Å². The SMILES string of the molecule is CCC1CC1c1cc(C(=O)C2=C[CH]2)cc(-c2ccc(C(C)=O)o2)c1. The quantitative estimate of drug-likeness (QED) is 0.705. The number of furan rings is 1. The number of hydrogen-bond acceptors (Lipinski definition) is 3. The van der Waals surface area contributed by atoms with Crippen LogP contribution in [0.15, 0.2) is 46.4 Å². The van der Waals surface area contributed by atoms with Gasteiger partial charge in [0.25, 0.3) is 0 Å². The molecule has 24 heavy (non-hydrogen) atoms. The number of carbonyl (C=O) groups excluding carboxylic acids is 2. The molecule has 0 amide bonds. The summed E-state index contributed by atoms with van der Waals surface area (Å²) >= 11 is 0. The standard InChI is InChI=1S/C21H19O3/c1-3-13-11-18(13)15-8-16(20-7-6-19(24-20)12(2)22)10-17(9-15)21(23)14-4-5-14/h4-10,13,18H,3,11H2,1-2H3. The number of hydrogen-bond donors (Lipinski definition) is 0. The van der Waals surface area contributed by atoms with Crippen molar-refractivity contribution in [2.24, 2.45) is 5.92 Å². The minimum absolute atomic E-state index is 0.0603. The highest BCUT2D eigenvalue weighted by Gasteiger charge is 2.37. The van der Waals surface area contributed by atoms with Gasteiger partial charge in [0.2, 0.25) is 0 Å². The van der Waals surface area contributed by atoms with Crippen molar-refractivity contribution >= 4 is 11.6 Å². The molecule has 2 aliphatic rings. The number of rotatable bonds is 6. The normalized spacial score (nSPS) is 21.3. The first-order chi connectivity index (χ1) is 11.6. The van der Waals surface area contributed by atoms with Crippen LogP contribution in [-0.4, -0.2) is 11.6 Å². The zero-order valence-electron chi connectivity index (χ0n) is 13.8. The maximum atomic E-state index is 12.5. The van der Waals surface area contributed by atoms with Crippen molar-refractivity contribution < 1.29 is 14.0 Å². The van der Waals surface area contributed by atoms with E-state index in [2.05, 4.69) is 13.0 Å². The molecule has 0 spiro atoms. The molecule has 2 aliphatic carbocycles. The Balaban J connectivity index is 1.75. The van der Waals surface area contributed by atoms with Crippen LogP contribution in [0.25, 0.3) is 11.3 Å². The maximum Gasteiger partial charge on any atom is 0.194 e. The van der Waals surface area contributed by atoms with E-state index in [0.29, 0.717) is 28.9 Å². The van der Waals surface area contributed by atoms with E-state index in [0.717, 1.165) is 17.6 Å². The van der Waals surface area contributed by atoms with Crippen LogP contribution >= 0.6 is 0 Å². The molecule has 4 rings (SSSR count). The average molecular weight is 319 g/mol. The fourth-order valence-corrected chi connectivity index (χ4v) is 3.29. The molecule has 2 atom stereocenters. The molecular weight excluding hydrogens is 300 g/mol. The molecule has 1 aromatic heterocycles. The van der Waals surface area contributed by atoms with E-state index in [-0.39, 0.29) is 11.6 Å². The van der Waals surface area contributed by atoms with Gasteiger partial charge in [0, 0.05) is 30.0 Å². The molecule has 3 nitrogen and oxygen atoms in total. The van der Waals surface area contributed by atoms with E-state index in [1.54, 1.807) is 12.1 Å². The Bertz CT molecular complexity index is 869. The second kappa shape index (κ2) is 5.59. The fourth-order valence-electron chi connectivity index (χ4n) is 3.29. The van der Waals surface area contributed by atoms with Crippen molar-refractivity contribution in [1.29, 1.82) is 0 Å². The molecule has 1 saturated carbocycles. The van der Waals surface area contributed by atoms with Crippen molar-refractivity contribution in [1.82, 2.24) is 0 Å². The average Bonchev–Trinajstić information content (AvgIpc) is 3.50. The van der Waals surface area contributed by atoms with Crippen molar-refractivity contribution in [3.63, 3.8) is 0 Å². The van der Waals surface area contributed by atoms with E-state index in [9.17, 15) is 9.59 Å². The second-order valence-corrected chi connectivity index (χ2v) is 6.69. The summed E-state index contributed by atoms with van der Waals surface area (Å²) in [4.78, 5) is 23.9. The smallest absolute Gasteiger partial charge is 0.194 e. The van der Waals surface area contributed by atoms with Gasteiger partial charge in [-0.15, -0.1) is 0 Å². The third-order valence-electron chi connectivity index (χ3n) is 4.93. The zero-order chi connectivity index (χ0) is 16.8. The van der Waals surface area contributed by atoms with Gasteiger partial charge in [-0.3, -0.25) is 9.59 Å². The van der Waals surface area contributed by atoms with E-state index >= 15 is 0 Å². The van der Waals surface area contributed by atoms with Crippen LogP contribution in [0.5, 0.6) is 0 Å². The Morgan fingerprint density at radius 1 is 1.21 bits per heavy atom. The third kappa shape index (κ3) is 2.75. The summed E-state index contributed by atoms with van der Waals surface area (Å²) < 4.78 is 5.67. The van der Waals surface area contributed by atoms with Crippen LogP contribution in [0.2, 0.25) is 0 Å². The van der Waals surface area contributed by atoms with Gasteiger partial charge >= 0.3 is 0 Å². The van der Waals surface area contributed by atoms with Crippen LogP contribution in [-0.2, 0) is 0 Å². The van der Waals surface area contributed by atoms with Crippen molar-refractivity contribution in [2.75, 3.05) is 0 Å². The monoisotopic (exact) mass is 319 g/mol. The molecule has 0 saturated heterocycles. The maximum absolute atomic E-state index is 12.5. The summed E-state index contributed by atoms with van der Waals surface area (Å²) in [6, 6.07) is 9.48. The van der Waals surface area contributed by atoms with Gasteiger partial charge in [-0.2, -0.15) is 0 Å². The molecule has 0 aliphatic heterocycles. The Hall–Kier alpha value is -2.42. The lowest BCUT2D eigenvalue weighted by Gasteiger charge is -2.07. The summed E-state index contributed by atoms with van der Waals surface area (Å²) in [5.74, 6) is 2.18. The van der Waals surface area contributed by atoms with E-state index in [1.165, 1.54) is 18.9 Å². The fraction of sp³-hybridized carbons (Fsp3) is 0.286. The molecule has 121 valence electrons. The van der Waals surface area contributed by atoms with Crippen LogP contribution in [0.3, 0.4) is 0 Å². The topological polar surface area (TPSA) is 47.3 Å². The lowest BCUT2D eigenvalue weighted by atomic mass is 9.97. The Morgan fingerprint density at radius 3 is 2.58 bits per heavy atom. The van der Waals surface area contributed by atoms with Crippen LogP contribution in [0.4, 0.5) is 0 Å². The minimum Gasteiger partial charge on any atom is -0.453 e. The molecule has 1 heterocycles. The van der Waals surface area contributed by atoms with E-state index < -0.39 is 0 Å². The summed E-state index contributed by atoms with van der Waals surface area (Å²) in [6.45, 7) is 3.69. The van der Waals surface area contributed by atoms with Crippen LogP contribution < -0.4 is 0 Å². The Labute approximate surface area is 141 Å². The van der Waals surface area contributed by atoms with E-state index in [4.69, 9.17) is 4.42 Å². The number of carbonyl (C=O) groups is 2. The summed E-state index contributed by atoms with van der Waals surface area (Å²) in [6.07, 6.45) is 6.01. The lowest BCUT2D eigenvalue weighted by Crippen LogP contribution is -1.99. The molecule has 3 heteroatoms. The van der Waals surface area contributed by atoms with Crippen molar-refractivity contribution in [3.8, 4) is 11.3 Å². The summed E-state index contributed by atoms with van der Waals surface area (Å²) in [7, 11) is 0. The minimum atomic E-state index is -0.0975. The number of benzene rings is 1. The number of Topliss-reactive ketones (excluding diaryl/α,β-unsaturated/α-hetero) is 2. The number of ketones is 2. The number of allylic oxidation sites excluding steroid dienone is 2. The highest BCUT2D eigenvalue weighted by Crippen LogP contribution is 2.50. The van der Waals surface area contributed by atoms with Gasteiger partial charge in [0.15, 0.2) is 17.3 Å². The van der Waals surface area contributed by atoms with Gasteiger partial charge < -0.3 is 4.42 Å². The molecule has 0 N–H and O–H groups in total. The van der Waals surface area contributed by atoms with E-state index in [1.807, 2.05) is 24.6 Å². The zero-order valence-corrected chi connectivity index (χ0v) is 13.8. The highest BCUT2D eigenvalue weighted by molar-refractivity contribution is 6.14. The van der Waals surface area contributed by atoms with Gasteiger partial charge in [-0.25, -0.2) is 0 Å². The highest BCUT2D eigenvalue weighted by atomic mass is 16.3. The van der Waals surface area contributed by atoms with Crippen LogP contribution in [0.1, 0.15) is 59.1 Å². The van der Waals surface area contributed by atoms with Crippen molar-refractivity contribution in [3.05, 3.63) is 65.3 Å². The molecule has 1 fully saturated rings. The van der Waals surface area contributed by atoms with Gasteiger partial charge in [-0.1, -0.05) is 19.4 Å². The van der Waals surface area contributed by atoms with Crippen molar-refractivity contribution in [2.45, 2.75) is 32.6 Å². The summed E-state index contributed by atoms with van der Waals surface area (Å²) in [5, 5.41) is 0. The predicted octanol–water partition coefficient (Wildman–Crippen LogP) is 4.99. The Kier molecular flexibility index (Phi) is 3.52. The third-order valence-corrected chi connectivity index (χ3v) is 4.93. The first-order valence-electron chi connectivity index (χ1n) is 8.42. The predicted molar refractivity (Wildman–Crippen MR) is 92.0 cm³/mol.